The molecule has 0 spiro atoms. The molecule has 0 bridgehead atoms. The van der Waals surface area contributed by atoms with Gasteiger partial charge in [0.05, 0.1) is 15.8 Å². The van der Waals surface area contributed by atoms with E-state index in [-0.39, 0.29) is 5.56 Å². The first-order valence-electron chi connectivity index (χ1n) is 4.49. The fourth-order valence-electron chi connectivity index (χ4n) is 1.29. The van der Waals surface area contributed by atoms with Crippen LogP contribution in [-0.2, 0) is 6.54 Å². The van der Waals surface area contributed by atoms with Gasteiger partial charge in [-0.1, -0.05) is 0 Å². The maximum Gasteiger partial charge on any atom is 0.267 e. The van der Waals surface area contributed by atoms with Crippen molar-refractivity contribution in [2.75, 3.05) is 5.73 Å². The minimum absolute atomic E-state index is 0.0420. The Hall–Kier alpha value is -0.960. The van der Waals surface area contributed by atoms with E-state index >= 15 is 0 Å². The molecule has 0 amide bonds. The van der Waals surface area contributed by atoms with Gasteiger partial charge >= 0.3 is 0 Å². The number of thiazole rings is 1. The monoisotopic (exact) mass is 348 g/mol. The molecule has 0 saturated heterocycles. The second-order valence-corrected chi connectivity index (χ2v) is 5.27. The lowest BCUT2D eigenvalue weighted by Gasteiger charge is -2.07. The first-order valence-corrected chi connectivity index (χ1v) is 6.45. The summed E-state index contributed by atoms with van der Waals surface area (Å²) in [5.74, 6) is 0.678. The number of aromatic nitrogens is 3. The predicted octanol–water partition coefficient (Wildman–Crippen LogP) is 1.24. The van der Waals surface area contributed by atoms with Gasteiger partial charge in [0.2, 0.25) is 0 Å². The topological polar surface area (TPSA) is 73.8 Å². The van der Waals surface area contributed by atoms with Crippen LogP contribution in [0.4, 0.5) is 5.13 Å². The lowest BCUT2D eigenvalue weighted by atomic mass is 10.4. The Morgan fingerprint density at radius 2 is 2.38 bits per heavy atom. The van der Waals surface area contributed by atoms with Crippen molar-refractivity contribution in [1.82, 2.24) is 14.5 Å². The van der Waals surface area contributed by atoms with Crippen molar-refractivity contribution in [3.8, 4) is 0 Å². The van der Waals surface area contributed by atoms with E-state index in [1.54, 1.807) is 17.7 Å². The molecule has 0 aliphatic rings. The first-order chi connectivity index (χ1) is 7.58. The number of aryl methyl sites for hydroxylation is 1. The summed E-state index contributed by atoms with van der Waals surface area (Å²) in [5, 5.41) is 2.36. The number of nitrogens with two attached hydrogens (primary N) is 1. The quantitative estimate of drug-likeness (QED) is 0.829. The summed E-state index contributed by atoms with van der Waals surface area (Å²) in [7, 11) is 0. The summed E-state index contributed by atoms with van der Waals surface area (Å²) in [6.07, 6.45) is 1.57. The smallest absolute Gasteiger partial charge is 0.267 e. The fraction of sp³-hybridized carbons (Fsp3) is 0.222. The van der Waals surface area contributed by atoms with E-state index in [0.29, 0.717) is 21.1 Å². The first kappa shape index (κ1) is 11.5. The zero-order valence-corrected chi connectivity index (χ0v) is 11.4. The average Bonchev–Trinajstić information content (AvgIpc) is 2.65. The Bertz CT molecular complexity index is 577. The molecule has 2 heterocycles. The predicted molar refractivity (Wildman–Crippen MR) is 71.6 cm³/mol. The van der Waals surface area contributed by atoms with Crippen molar-refractivity contribution in [1.29, 1.82) is 0 Å². The molecule has 0 aliphatic heterocycles. The molecular weight excluding hydrogens is 339 g/mol. The van der Waals surface area contributed by atoms with Gasteiger partial charge in [0.1, 0.15) is 5.82 Å². The number of hydrogen-bond acceptors (Lipinski definition) is 5. The maximum absolute atomic E-state index is 11.9. The highest BCUT2D eigenvalue weighted by Crippen LogP contribution is 2.12. The second-order valence-electron chi connectivity index (χ2n) is 3.22. The van der Waals surface area contributed by atoms with Gasteiger partial charge in [0, 0.05) is 11.6 Å². The molecule has 2 aromatic heterocycles. The molecule has 0 fully saturated rings. The third-order valence-electron chi connectivity index (χ3n) is 2.09. The van der Waals surface area contributed by atoms with E-state index in [0.717, 1.165) is 5.69 Å². The van der Waals surface area contributed by atoms with Gasteiger partial charge in [-0.2, -0.15) is 0 Å². The van der Waals surface area contributed by atoms with Gasteiger partial charge in [-0.15, -0.1) is 11.3 Å². The fourth-order valence-corrected chi connectivity index (χ4v) is 2.28. The van der Waals surface area contributed by atoms with Crippen LogP contribution in [0.3, 0.4) is 0 Å². The van der Waals surface area contributed by atoms with Gasteiger partial charge in [-0.25, -0.2) is 9.97 Å². The number of hydrogen-bond donors (Lipinski definition) is 1. The van der Waals surface area contributed by atoms with E-state index in [4.69, 9.17) is 5.73 Å². The standard InChI is InChI=1S/C9H9IN4OS/c1-5-12-2-7(10)8(15)14(5)3-6-4-16-9(11)13-6/h2,4H,3H2,1H3,(H2,11,13). The van der Waals surface area contributed by atoms with Crippen molar-refractivity contribution in [3.05, 3.63) is 37.0 Å². The van der Waals surface area contributed by atoms with Crippen molar-refractivity contribution in [2.45, 2.75) is 13.5 Å². The lowest BCUT2D eigenvalue weighted by molar-refractivity contribution is 0.685. The molecule has 5 nitrogen and oxygen atoms in total. The normalized spacial score (nSPS) is 10.6. The number of nitrogen functional groups attached to an aromatic ring is 1. The van der Waals surface area contributed by atoms with Crippen molar-refractivity contribution in [3.63, 3.8) is 0 Å². The Morgan fingerprint density at radius 3 is 3.00 bits per heavy atom. The Balaban J connectivity index is 2.42. The number of halogens is 1. The lowest BCUT2D eigenvalue weighted by Crippen LogP contribution is -2.26. The van der Waals surface area contributed by atoms with Gasteiger partial charge in [-0.3, -0.25) is 9.36 Å². The molecule has 0 radical (unpaired) electrons. The molecule has 0 atom stereocenters. The number of anilines is 1. The minimum atomic E-state index is -0.0420. The van der Waals surface area contributed by atoms with Crippen molar-refractivity contribution >= 4 is 39.1 Å². The Morgan fingerprint density at radius 1 is 1.62 bits per heavy atom. The molecule has 2 rings (SSSR count). The second kappa shape index (κ2) is 4.50. The number of nitrogens with zero attached hydrogens (tertiary/aromatic N) is 3. The minimum Gasteiger partial charge on any atom is -0.375 e. The zero-order chi connectivity index (χ0) is 11.7. The molecule has 0 aliphatic carbocycles. The van der Waals surface area contributed by atoms with Crippen molar-refractivity contribution < 1.29 is 0 Å². The van der Waals surface area contributed by atoms with Crippen molar-refractivity contribution in [2.24, 2.45) is 0 Å². The van der Waals surface area contributed by atoms with Crippen LogP contribution in [0.15, 0.2) is 16.4 Å². The summed E-state index contributed by atoms with van der Waals surface area (Å²) in [4.78, 5) is 20.1. The highest BCUT2D eigenvalue weighted by molar-refractivity contribution is 14.1. The summed E-state index contributed by atoms with van der Waals surface area (Å²) in [6, 6.07) is 0. The summed E-state index contributed by atoms with van der Waals surface area (Å²) in [6.45, 7) is 2.22. The summed E-state index contributed by atoms with van der Waals surface area (Å²) < 4.78 is 2.20. The van der Waals surface area contributed by atoms with E-state index in [1.165, 1.54) is 11.3 Å². The maximum atomic E-state index is 11.9. The molecule has 2 aromatic rings. The van der Waals surface area contributed by atoms with E-state index < -0.39 is 0 Å². The molecule has 16 heavy (non-hydrogen) atoms. The molecule has 2 N–H and O–H groups in total. The highest BCUT2D eigenvalue weighted by Gasteiger charge is 2.07. The molecule has 84 valence electrons. The van der Waals surface area contributed by atoms with Gasteiger partial charge in [-0.05, 0) is 29.5 Å². The average molecular weight is 348 g/mol. The van der Waals surface area contributed by atoms with Gasteiger partial charge < -0.3 is 5.73 Å². The Kier molecular flexibility index (Phi) is 3.24. The third kappa shape index (κ3) is 2.24. The third-order valence-corrected chi connectivity index (χ3v) is 3.56. The van der Waals surface area contributed by atoms with E-state index in [2.05, 4.69) is 9.97 Å². The highest BCUT2D eigenvalue weighted by atomic mass is 127. The van der Waals surface area contributed by atoms with E-state index in [9.17, 15) is 4.79 Å². The van der Waals surface area contributed by atoms with Crippen LogP contribution < -0.4 is 11.3 Å². The molecular formula is C9H9IN4OS. The summed E-state index contributed by atoms with van der Waals surface area (Å²) in [5.41, 5.74) is 6.29. The van der Waals surface area contributed by atoms with Crippen LogP contribution in [0.2, 0.25) is 0 Å². The molecule has 0 aromatic carbocycles. The van der Waals surface area contributed by atoms with Gasteiger partial charge in [0.25, 0.3) is 5.56 Å². The Labute approximate surface area is 109 Å². The van der Waals surface area contributed by atoms with Crippen LogP contribution >= 0.6 is 33.9 Å². The zero-order valence-electron chi connectivity index (χ0n) is 8.48. The summed E-state index contributed by atoms with van der Waals surface area (Å²) >= 11 is 3.34. The van der Waals surface area contributed by atoms with E-state index in [1.807, 2.05) is 28.0 Å². The largest absolute Gasteiger partial charge is 0.375 e. The van der Waals surface area contributed by atoms with Gasteiger partial charge in [0.15, 0.2) is 5.13 Å². The van der Waals surface area contributed by atoms with Crippen LogP contribution in [0.5, 0.6) is 0 Å². The van der Waals surface area contributed by atoms with Crippen LogP contribution in [0.25, 0.3) is 0 Å². The molecule has 7 heteroatoms. The van der Waals surface area contributed by atoms with Crippen LogP contribution in [-0.4, -0.2) is 14.5 Å². The SMILES string of the molecule is Cc1ncc(I)c(=O)n1Cc1csc(N)n1. The van der Waals surface area contributed by atoms with Crippen LogP contribution in [0.1, 0.15) is 11.5 Å². The molecule has 0 unspecified atom stereocenters. The van der Waals surface area contributed by atoms with Crippen LogP contribution in [0, 0.1) is 10.5 Å². The number of rotatable bonds is 2. The molecule has 0 saturated carbocycles.